The number of carbonyl (C=O) groups is 1. The van der Waals surface area contributed by atoms with Crippen LogP contribution in [-0.2, 0) is 6.54 Å². The van der Waals surface area contributed by atoms with Crippen molar-refractivity contribution in [2.75, 3.05) is 5.32 Å². The number of carbonyl (C=O) groups excluding carboxylic acids is 1. The zero-order valence-corrected chi connectivity index (χ0v) is 13.6. The largest absolute Gasteiger partial charge is 0.319 e. The number of anilines is 1. The summed E-state index contributed by atoms with van der Waals surface area (Å²) < 4.78 is 15.3. The molecule has 0 aliphatic heterocycles. The predicted octanol–water partition coefficient (Wildman–Crippen LogP) is 3.94. The number of aryl methyl sites for hydroxylation is 2. The van der Waals surface area contributed by atoms with Crippen LogP contribution in [0.1, 0.15) is 27.0 Å². The van der Waals surface area contributed by atoms with Crippen molar-refractivity contribution < 1.29 is 9.18 Å². The highest BCUT2D eigenvalue weighted by atomic mass is 19.1. The fraction of sp³-hybridized carbons (Fsp3) is 0.158. The van der Waals surface area contributed by atoms with Crippen molar-refractivity contribution in [1.29, 1.82) is 0 Å². The van der Waals surface area contributed by atoms with Gasteiger partial charge in [0.2, 0.25) is 0 Å². The Bertz CT molecular complexity index is 886. The minimum Gasteiger partial charge on any atom is -0.319 e. The summed E-state index contributed by atoms with van der Waals surface area (Å²) in [7, 11) is 0. The molecular weight excluding hydrogens is 305 g/mol. The smallest absolute Gasteiger partial charge is 0.255 e. The van der Waals surface area contributed by atoms with Gasteiger partial charge >= 0.3 is 0 Å². The van der Waals surface area contributed by atoms with Gasteiger partial charge in [-0.25, -0.2) is 4.39 Å². The van der Waals surface area contributed by atoms with E-state index >= 15 is 0 Å². The third-order valence-electron chi connectivity index (χ3n) is 3.95. The standard InChI is InChI=1S/C19H18FN3O/c1-13-7-8-15(9-14(13)2)19(24)22-17-10-21-23(12-17)11-16-5-3-4-6-18(16)20/h3-10,12H,11H2,1-2H3,(H,22,24). The Hall–Kier alpha value is -2.95. The van der Waals surface area contributed by atoms with Gasteiger partial charge in [-0.05, 0) is 43.2 Å². The van der Waals surface area contributed by atoms with Crippen molar-refractivity contribution in [3.05, 3.63) is 82.9 Å². The molecule has 1 aromatic heterocycles. The van der Waals surface area contributed by atoms with E-state index < -0.39 is 0 Å². The second-order valence-corrected chi connectivity index (χ2v) is 5.77. The molecule has 0 atom stereocenters. The van der Waals surface area contributed by atoms with E-state index in [2.05, 4.69) is 10.4 Å². The van der Waals surface area contributed by atoms with E-state index in [0.717, 1.165) is 11.1 Å². The number of rotatable bonds is 4. The number of hydrogen-bond donors (Lipinski definition) is 1. The average molecular weight is 323 g/mol. The fourth-order valence-electron chi connectivity index (χ4n) is 2.40. The highest BCUT2D eigenvalue weighted by Gasteiger charge is 2.09. The predicted molar refractivity (Wildman–Crippen MR) is 91.6 cm³/mol. The van der Waals surface area contributed by atoms with Gasteiger partial charge in [0.1, 0.15) is 5.82 Å². The van der Waals surface area contributed by atoms with Gasteiger partial charge in [-0.1, -0.05) is 24.3 Å². The first kappa shape index (κ1) is 15.9. The average Bonchev–Trinajstić information content (AvgIpc) is 2.99. The van der Waals surface area contributed by atoms with Crippen molar-refractivity contribution in [1.82, 2.24) is 9.78 Å². The van der Waals surface area contributed by atoms with Gasteiger partial charge in [0.25, 0.3) is 5.91 Å². The van der Waals surface area contributed by atoms with Gasteiger partial charge in [-0.3, -0.25) is 9.48 Å². The van der Waals surface area contributed by atoms with Gasteiger partial charge in [0.15, 0.2) is 0 Å². The minimum absolute atomic E-state index is 0.191. The van der Waals surface area contributed by atoms with E-state index in [4.69, 9.17) is 0 Å². The highest BCUT2D eigenvalue weighted by molar-refractivity contribution is 6.04. The maximum absolute atomic E-state index is 13.7. The van der Waals surface area contributed by atoms with Crippen molar-refractivity contribution in [2.45, 2.75) is 20.4 Å². The molecule has 0 bridgehead atoms. The topological polar surface area (TPSA) is 46.9 Å². The number of amides is 1. The number of nitrogens with one attached hydrogen (secondary N) is 1. The first-order valence-electron chi connectivity index (χ1n) is 7.67. The van der Waals surface area contributed by atoms with Gasteiger partial charge in [-0.15, -0.1) is 0 Å². The van der Waals surface area contributed by atoms with E-state index in [1.165, 1.54) is 6.07 Å². The molecule has 0 unspecified atom stereocenters. The molecule has 0 saturated carbocycles. The summed E-state index contributed by atoms with van der Waals surface area (Å²) in [4.78, 5) is 12.3. The third-order valence-corrected chi connectivity index (χ3v) is 3.95. The van der Waals surface area contributed by atoms with Crippen LogP contribution in [0.5, 0.6) is 0 Å². The summed E-state index contributed by atoms with van der Waals surface area (Å²) >= 11 is 0. The molecular formula is C19H18FN3O. The molecule has 0 saturated heterocycles. The molecule has 0 aliphatic carbocycles. The Morgan fingerprint density at radius 3 is 2.71 bits per heavy atom. The van der Waals surface area contributed by atoms with E-state index in [0.29, 0.717) is 23.4 Å². The molecule has 3 aromatic rings. The first-order chi connectivity index (χ1) is 11.5. The summed E-state index contributed by atoms with van der Waals surface area (Å²) in [6, 6.07) is 12.1. The van der Waals surface area contributed by atoms with Gasteiger partial charge in [0.05, 0.1) is 18.4 Å². The van der Waals surface area contributed by atoms with Crippen molar-refractivity contribution in [2.24, 2.45) is 0 Å². The van der Waals surface area contributed by atoms with Crippen LogP contribution in [0.15, 0.2) is 54.9 Å². The minimum atomic E-state index is -0.270. The summed E-state index contributed by atoms with van der Waals surface area (Å²) in [5.41, 5.74) is 3.93. The molecule has 5 heteroatoms. The normalized spacial score (nSPS) is 10.6. The quantitative estimate of drug-likeness (QED) is 0.790. The maximum Gasteiger partial charge on any atom is 0.255 e. The second-order valence-electron chi connectivity index (χ2n) is 5.77. The lowest BCUT2D eigenvalue weighted by atomic mass is 10.1. The van der Waals surface area contributed by atoms with Crippen molar-refractivity contribution in [3.8, 4) is 0 Å². The Kier molecular flexibility index (Phi) is 4.42. The number of aromatic nitrogens is 2. The SMILES string of the molecule is Cc1ccc(C(=O)Nc2cnn(Cc3ccccc3F)c2)cc1C. The van der Waals surface area contributed by atoms with E-state index in [1.807, 2.05) is 26.0 Å². The van der Waals surface area contributed by atoms with Crippen molar-refractivity contribution >= 4 is 11.6 Å². The molecule has 4 nitrogen and oxygen atoms in total. The molecule has 1 amide bonds. The molecule has 24 heavy (non-hydrogen) atoms. The number of hydrogen-bond acceptors (Lipinski definition) is 2. The van der Waals surface area contributed by atoms with E-state index in [1.54, 1.807) is 41.3 Å². The maximum atomic E-state index is 13.7. The first-order valence-corrected chi connectivity index (χ1v) is 7.67. The van der Waals surface area contributed by atoms with Crippen LogP contribution in [0.2, 0.25) is 0 Å². The van der Waals surface area contributed by atoms with Gasteiger partial charge in [-0.2, -0.15) is 5.10 Å². The lowest BCUT2D eigenvalue weighted by Gasteiger charge is -2.05. The van der Waals surface area contributed by atoms with Crippen molar-refractivity contribution in [3.63, 3.8) is 0 Å². The van der Waals surface area contributed by atoms with Crippen LogP contribution >= 0.6 is 0 Å². The summed E-state index contributed by atoms with van der Waals surface area (Å²) in [5.74, 6) is -0.461. The molecule has 122 valence electrons. The second kappa shape index (κ2) is 6.66. The molecule has 0 aliphatic rings. The lowest BCUT2D eigenvalue weighted by Crippen LogP contribution is -2.11. The fourth-order valence-corrected chi connectivity index (χ4v) is 2.40. The molecule has 2 aromatic carbocycles. The Morgan fingerprint density at radius 1 is 1.17 bits per heavy atom. The number of halogens is 1. The zero-order valence-electron chi connectivity index (χ0n) is 13.6. The molecule has 1 heterocycles. The van der Waals surface area contributed by atoms with E-state index in [9.17, 15) is 9.18 Å². The lowest BCUT2D eigenvalue weighted by molar-refractivity contribution is 0.102. The van der Waals surface area contributed by atoms with E-state index in [-0.39, 0.29) is 11.7 Å². The molecule has 0 fully saturated rings. The molecule has 0 spiro atoms. The van der Waals surface area contributed by atoms with Crippen LogP contribution in [0.3, 0.4) is 0 Å². The Balaban J connectivity index is 1.70. The van der Waals surface area contributed by atoms with Crippen LogP contribution in [0.4, 0.5) is 10.1 Å². The van der Waals surface area contributed by atoms with Gasteiger partial charge < -0.3 is 5.32 Å². The molecule has 3 rings (SSSR count). The summed E-state index contributed by atoms with van der Waals surface area (Å²) in [6.45, 7) is 4.29. The highest BCUT2D eigenvalue weighted by Crippen LogP contribution is 2.14. The Morgan fingerprint density at radius 2 is 1.96 bits per heavy atom. The number of benzene rings is 2. The van der Waals surface area contributed by atoms with Crippen LogP contribution in [0.25, 0.3) is 0 Å². The third kappa shape index (κ3) is 3.51. The monoisotopic (exact) mass is 323 g/mol. The van der Waals surface area contributed by atoms with Gasteiger partial charge in [0, 0.05) is 17.3 Å². The summed E-state index contributed by atoms with van der Waals surface area (Å²) in [5, 5.41) is 6.98. The zero-order chi connectivity index (χ0) is 17.1. The van der Waals surface area contributed by atoms with Crippen LogP contribution in [-0.4, -0.2) is 15.7 Å². The molecule has 1 N–H and O–H groups in total. The Labute approximate surface area is 139 Å². The molecule has 0 radical (unpaired) electrons. The van der Waals surface area contributed by atoms with Crippen LogP contribution in [0, 0.1) is 19.7 Å². The van der Waals surface area contributed by atoms with Crippen LogP contribution < -0.4 is 5.32 Å². The summed E-state index contributed by atoms with van der Waals surface area (Å²) in [6.07, 6.45) is 3.24. The number of nitrogens with zero attached hydrogens (tertiary/aromatic N) is 2.